The highest BCUT2D eigenvalue weighted by molar-refractivity contribution is 6.07. The summed E-state index contributed by atoms with van der Waals surface area (Å²) in [6.45, 7) is 6.63. The van der Waals surface area contributed by atoms with Crippen molar-refractivity contribution in [3.8, 4) is 34.2 Å². The van der Waals surface area contributed by atoms with E-state index in [4.69, 9.17) is 19.4 Å². The molecule has 10 aromatic rings. The Morgan fingerprint density at radius 2 is 0.867 bits per heavy atom. The number of aryl methyl sites for hydroxylation is 3. The van der Waals surface area contributed by atoms with Gasteiger partial charge >= 0.3 is 0 Å². The quantitative estimate of drug-likeness (QED) is 0.168. The zero-order valence-corrected chi connectivity index (χ0v) is 33.6. The zero-order valence-electron chi connectivity index (χ0n) is 33.6. The van der Waals surface area contributed by atoms with E-state index in [1.54, 1.807) is 0 Å². The molecule has 60 heavy (non-hydrogen) atoms. The van der Waals surface area contributed by atoms with E-state index in [9.17, 15) is 0 Å². The van der Waals surface area contributed by atoms with E-state index in [0.29, 0.717) is 17.5 Å². The number of hydrogen-bond acceptors (Lipinski definition) is 5. The SMILES string of the molecule is Cc1ccccc1C1(c2cccc3c2oc2ccccc23)c2ccccc2N(c2c(C)cc(-c3nc(-c4ccccc4)nc(-c4ccccc4)n3)cc2C)c2ccccc21. The molecule has 0 saturated heterocycles. The van der Waals surface area contributed by atoms with Crippen LogP contribution in [0.1, 0.15) is 38.9 Å². The molecule has 0 fully saturated rings. The fourth-order valence-corrected chi connectivity index (χ4v) is 9.62. The number of rotatable bonds is 6. The molecule has 0 atom stereocenters. The van der Waals surface area contributed by atoms with Crippen LogP contribution in [-0.4, -0.2) is 15.0 Å². The number of nitrogens with zero attached hydrogens (tertiary/aromatic N) is 4. The van der Waals surface area contributed by atoms with Gasteiger partial charge in [-0.3, -0.25) is 0 Å². The molecule has 0 radical (unpaired) electrons. The molecule has 0 aliphatic carbocycles. The molecule has 2 aromatic heterocycles. The Hall–Kier alpha value is -7.63. The van der Waals surface area contributed by atoms with Crippen LogP contribution in [0.4, 0.5) is 17.1 Å². The Balaban J connectivity index is 1.15. The fraction of sp³-hybridized carbons (Fsp3) is 0.0727. The van der Waals surface area contributed by atoms with Crippen molar-refractivity contribution in [3.63, 3.8) is 0 Å². The molecular weight excluding hydrogens is 733 g/mol. The minimum absolute atomic E-state index is 0.636. The lowest BCUT2D eigenvalue weighted by Gasteiger charge is -2.47. The van der Waals surface area contributed by atoms with E-state index in [-0.39, 0.29) is 0 Å². The van der Waals surface area contributed by atoms with Crippen LogP contribution in [-0.2, 0) is 5.41 Å². The molecular formula is C55H40N4O. The van der Waals surface area contributed by atoms with Crippen molar-refractivity contribution in [2.24, 2.45) is 0 Å². The van der Waals surface area contributed by atoms with Crippen LogP contribution in [0.15, 0.2) is 192 Å². The number of benzene rings is 8. The summed E-state index contributed by atoms with van der Waals surface area (Å²) in [5.41, 5.74) is 15.4. The standard InChI is InChI=1S/C55H40N4O/c1-35-19-10-12-26-43(35)55(46-29-18-25-42-41-24-11-17-32-49(41)60-51(42)46)44-27-13-15-30-47(44)59(48-31-16-14-28-45(48)55)50-36(2)33-40(34-37(50)3)54-57-52(38-20-6-4-7-21-38)56-53(58-54)39-22-8-5-9-23-39/h4-34H,1-3H3. The van der Waals surface area contributed by atoms with Gasteiger partial charge in [-0.25, -0.2) is 15.0 Å². The highest BCUT2D eigenvalue weighted by atomic mass is 16.3. The molecule has 0 amide bonds. The number of para-hydroxylation sites is 4. The molecule has 0 unspecified atom stereocenters. The fourth-order valence-electron chi connectivity index (χ4n) is 9.62. The van der Waals surface area contributed by atoms with Crippen LogP contribution < -0.4 is 4.90 Å². The number of hydrogen-bond donors (Lipinski definition) is 0. The summed E-state index contributed by atoms with van der Waals surface area (Å²) < 4.78 is 6.90. The Bertz CT molecular complexity index is 3130. The first-order chi connectivity index (χ1) is 29.5. The summed E-state index contributed by atoms with van der Waals surface area (Å²) in [7, 11) is 0. The molecule has 286 valence electrons. The first-order valence-electron chi connectivity index (χ1n) is 20.5. The van der Waals surface area contributed by atoms with Gasteiger partial charge in [-0.2, -0.15) is 0 Å². The Morgan fingerprint density at radius 3 is 1.47 bits per heavy atom. The first kappa shape index (κ1) is 35.5. The van der Waals surface area contributed by atoms with Gasteiger partial charge in [0.25, 0.3) is 0 Å². The van der Waals surface area contributed by atoms with E-state index in [1.165, 1.54) is 22.3 Å². The molecule has 8 aromatic carbocycles. The predicted octanol–water partition coefficient (Wildman–Crippen LogP) is 13.9. The van der Waals surface area contributed by atoms with E-state index >= 15 is 0 Å². The first-order valence-corrected chi connectivity index (χ1v) is 20.5. The van der Waals surface area contributed by atoms with Crippen LogP contribution in [0.3, 0.4) is 0 Å². The van der Waals surface area contributed by atoms with Gasteiger partial charge in [-0.05, 0) is 84.5 Å². The van der Waals surface area contributed by atoms with Gasteiger partial charge in [0.05, 0.1) is 22.5 Å². The minimum atomic E-state index is -0.712. The second-order valence-electron chi connectivity index (χ2n) is 15.7. The largest absolute Gasteiger partial charge is 0.456 e. The van der Waals surface area contributed by atoms with Crippen molar-refractivity contribution in [2.75, 3.05) is 4.90 Å². The van der Waals surface area contributed by atoms with Gasteiger partial charge in [-0.1, -0.05) is 158 Å². The van der Waals surface area contributed by atoms with E-state index in [2.05, 4.69) is 147 Å². The van der Waals surface area contributed by atoms with Crippen molar-refractivity contribution in [1.82, 2.24) is 15.0 Å². The lowest BCUT2D eigenvalue weighted by atomic mass is 9.61. The Morgan fingerprint density at radius 1 is 0.400 bits per heavy atom. The maximum Gasteiger partial charge on any atom is 0.164 e. The summed E-state index contributed by atoms with van der Waals surface area (Å²) in [6.07, 6.45) is 0. The van der Waals surface area contributed by atoms with Gasteiger partial charge in [0.1, 0.15) is 11.2 Å². The van der Waals surface area contributed by atoms with E-state index < -0.39 is 5.41 Å². The normalized spacial score (nSPS) is 13.0. The molecule has 1 aliphatic rings. The lowest BCUT2D eigenvalue weighted by Crippen LogP contribution is -2.38. The maximum absolute atomic E-state index is 6.90. The average molecular weight is 773 g/mol. The third kappa shape index (κ3) is 5.43. The molecule has 0 bridgehead atoms. The average Bonchev–Trinajstić information content (AvgIpc) is 3.69. The summed E-state index contributed by atoms with van der Waals surface area (Å²) >= 11 is 0. The van der Waals surface area contributed by atoms with Crippen LogP contribution >= 0.6 is 0 Å². The van der Waals surface area contributed by atoms with E-state index in [0.717, 1.165) is 72.4 Å². The summed E-state index contributed by atoms with van der Waals surface area (Å²) in [6, 6.07) is 66.4. The molecule has 0 saturated carbocycles. The number of aromatic nitrogens is 3. The predicted molar refractivity (Wildman–Crippen MR) is 244 cm³/mol. The lowest BCUT2D eigenvalue weighted by molar-refractivity contribution is 0.642. The van der Waals surface area contributed by atoms with Crippen LogP contribution in [0.5, 0.6) is 0 Å². The molecule has 11 rings (SSSR count). The van der Waals surface area contributed by atoms with Gasteiger partial charge < -0.3 is 9.32 Å². The Kier molecular flexibility index (Phi) is 8.31. The van der Waals surface area contributed by atoms with Gasteiger partial charge in [0, 0.05) is 33.0 Å². The van der Waals surface area contributed by atoms with Gasteiger partial charge in [0.2, 0.25) is 0 Å². The summed E-state index contributed by atoms with van der Waals surface area (Å²) in [5.74, 6) is 1.92. The smallest absolute Gasteiger partial charge is 0.164 e. The minimum Gasteiger partial charge on any atom is -0.456 e. The Labute approximate surface area is 349 Å². The van der Waals surface area contributed by atoms with E-state index in [1.807, 2.05) is 66.7 Å². The summed E-state index contributed by atoms with van der Waals surface area (Å²) in [4.78, 5) is 17.6. The molecule has 0 spiro atoms. The van der Waals surface area contributed by atoms with Gasteiger partial charge in [-0.15, -0.1) is 0 Å². The van der Waals surface area contributed by atoms with Crippen molar-refractivity contribution < 1.29 is 4.42 Å². The molecule has 5 heteroatoms. The maximum atomic E-state index is 6.90. The summed E-state index contributed by atoms with van der Waals surface area (Å²) in [5, 5.41) is 2.23. The molecule has 1 aliphatic heterocycles. The third-order valence-corrected chi connectivity index (χ3v) is 12.1. The second kappa shape index (κ2) is 14.0. The number of fused-ring (bicyclic) bond motifs is 5. The van der Waals surface area contributed by atoms with Crippen LogP contribution in [0.25, 0.3) is 56.1 Å². The molecule has 0 N–H and O–H groups in total. The van der Waals surface area contributed by atoms with Gasteiger partial charge in [0.15, 0.2) is 17.5 Å². The zero-order chi connectivity index (χ0) is 40.4. The van der Waals surface area contributed by atoms with Crippen molar-refractivity contribution in [2.45, 2.75) is 26.2 Å². The van der Waals surface area contributed by atoms with Crippen molar-refractivity contribution in [3.05, 3.63) is 227 Å². The molecule has 3 heterocycles. The second-order valence-corrected chi connectivity index (χ2v) is 15.7. The highest BCUT2D eigenvalue weighted by Gasteiger charge is 2.48. The third-order valence-electron chi connectivity index (χ3n) is 12.1. The monoisotopic (exact) mass is 772 g/mol. The number of anilines is 3. The van der Waals surface area contributed by atoms with Crippen molar-refractivity contribution in [1.29, 1.82) is 0 Å². The topological polar surface area (TPSA) is 55.1 Å². The van der Waals surface area contributed by atoms with Crippen LogP contribution in [0.2, 0.25) is 0 Å². The van der Waals surface area contributed by atoms with Crippen LogP contribution in [0, 0.1) is 20.8 Å². The highest BCUT2D eigenvalue weighted by Crippen LogP contribution is 2.60. The molecule has 5 nitrogen and oxygen atoms in total. The van der Waals surface area contributed by atoms with Crippen molar-refractivity contribution >= 4 is 39.0 Å². The number of furan rings is 1.